The predicted octanol–water partition coefficient (Wildman–Crippen LogP) is 0.962. The number of rotatable bonds is 5. The van der Waals surface area contributed by atoms with Crippen LogP contribution in [0.1, 0.15) is 12.5 Å². The number of fused-ring (bicyclic) bond motifs is 1. The molecular formula is C12H14O5S. The second-order valence-electron chi connectivity index (χ2n) is 4.23. The summed E-state index contributed by atoms with van der Waals surface area (Å²) in [6.07, 6.45) is 0.367. The van der Waals surface area contributed by atoms with E-state index in [1.54, 1.807) is 18.2 Å². The molecule has 0 spiro atoms. The third-order valence-corrected chi connectivity index (χ3v) is 4.23. The number of hydrogen-bond acceptors (Lipinski definition) is 5. The third-order valence-electron chi connectivity index (χ3n) is 2.56. The van der Waals surface area contributed by atoms with Gasteiger partial charge in [0, 0.05) is 0 Å². The summed E-state index contributed by atoms with van der Waals surface area (Å²) in [5.41, 5.74) is 0.853. The van der Waals surface area contributed by atoms with Gasteiger partial charge in [-0.3, -0.25) is 4.79 Å². The van der Waals surface area contributed by atoms with Crippen molar-refractivity contribution in [2.45, 2.75) is 13.3 Å². The highest BCUT2D eigenvalue weighted by molar-refractivity contribution is 7.92. The van der Waals surface area contributed by atoms with E-state index in [1.807, 2.05) is 0 Å². The van der Waals surface area contributed by atoms with Gasteiger partial charge in [0.1, 0.15) is 11.5 Å². The molecule has 0 amide bonds. The van der Waals surface area contributed by atoms with Gasteiger partial charge in [-0.25, -0.2) is 8.42 Å². The lowest BCUT2D eigenvalue weighted by Crippen LogP contribution is -2.17. The first-order valence-electron chi connectivity index (χ1n) is 5.55. The molecule has 98 valence electrons. The average molecular weight is 270 g/mol. The Morgan fingerprint density at radius 3 is 2.72 bits per heavy atom. The van der Waals surface area contributed by atoms with Gasteiger partial charge in [0.15, 0.2) is 21.3 Å². The van der Waals surface area contributed by atoms with Crippen LogP contribution in [0, 0.1) is 0 Å². The van der Waals surface area contributed by atoms with Crippen LogP contribution in [0.2, 0.25) is 0 Å². The summed E-state index contributed by atoms with van der Waals surface area (Å²) in [4.78, 5) is 10.8. The number of Topliss-reactive ketones (excluding diaryl/α,β-unsaturated/α-hetero) is 1. The number of carbonyl (C=O) groups excluding carboxylic acids is 1. The molecule has 2 rings (SSSR count). The molecular weight excluding hydrogens is 256 g/mol. The minimum atomic E-state index is -3.31. The Kier molecular flexibility index (Phi) is 3.56. The van der Waals surface area contributed by atoms with E-state index >= 15 is 0 Å². The second-order valence-corrected chi connectivity index (χ2v) is 6.42. The van der Waals surface area contributed by atoms with Crippen molar-refractivity contribution in [1.29, 1.82) is 0 Å². The van der Waals surface area contributed by atoms with Gasteiger partial charge >= 0.3 is 0 Å². The number of sulfone groups is 1. The Labute approximate surface area is 106 Å². The van der Waals surface area contributed by atoms with Gasteiger partial charge < -0.3 is 9.47 Å². The van der Waals surface area contributed by atoms with Crippen molar-refractivity contribution in [2.24, 2.45) is 0 Å². The van der Waals surface area contributed by atoms with E-state index in [1.165, 1.54) is 6.92 Å². The molecule has 0 radical (unpaired) electrons. The molecule has 1 heterocycles. The van der Waals surface area contributed by atoms with Crippen LogP contribution < -0.4 is 9.47 Å². The van der Waals surface area contributed by atoms with Gasteiger partial charge in [-0.15, -0.1) is 0 Å². The Bertz CT molecular complexity index is 562. The van der Waals surface area contributed by atoms with E-state index in [-0.39, 0.29) is 18.3 Å². The molecule has 0 saturated carbocycles. The zero-order chi connectivity index (χ0) is 13.2. The zero-order valence-electron chi connectivity index (χ0n) is 10.0. The van der Waals surface area contributed by atoms with E-state index in [9.17, 15) is 13.2 Å². The zero-order valence-corrected chi connectivity index (χ0v) is 10.8. The molecule has 0 N–H and O–H groups in total. The van der Waals surface area contributed by atoms with Gasteiger partial charge in [0.05, 0.1) is 5.75 Å². The van der Waals surface area contributed by atoms with Gasteiger partial charge in [-0.2, -0.15) is 0 Å². The molecule has 0 fully saturated rings. The Morgan fingerprint density at radius 2 is 2.00 bits per heavy atom. The Balaban J connectivity index is 2.00. The molecule has 1 aromatic carbocycles. The lowest BCUT2D eigenvalue weighted by molar-refractivity contribution is -0.114. The highest BCUT2D eigenvalue weighted by Gasteiger charge is 2.16. The fourth-order valence-electron chi connectivity index (χ4n) is 1.75. The highest BCUT2D eigenvalue weighted by atomic mass is 32.2. The van der Waals surface area contributed by atoms with E-state index in [2.05, 4.69) is 0 Å². The number of ether oxygens (including phenoxy) is 2. The van der Waals surface area contributed by atoms with Crippen LogP contribution >= 0.6 is 0 Å². The van der Waals surface area contributed by atoms with Crippen LogP contribution in [-0.4, -0.2) is 32.5 Å². The van der Waals surface area contributed by atoms with Crippen molar-refractivity contribution in [3.63, 3.8) is 0 Å². The van der Waals surface area contributed by atoms with Crippen molar-refractivity contribution in [3.8, 4) is 11.5 Å². The van der Waals surface area contributed by atoms with E-state index in [4.69, 9.17) is 9.47 Å². The Morgan fingerprint density at radius 1 is 1.28 bits per heavy atom. The lowest BCUT2D eigenvalue weighted by Gasteiger charge is -2.04. The molecule has 1 aliphatic rings. The summed E-state index contributed by atoms with van der Waals surface area (Å²) in [5, 5.41) is 0. The molecule has 1 aliphatic heterocycles. The van der Waals surface area contributed by atoms with Crippen LogP contribution in [-0.2, 0) is 21.1 Å². The summed E-state index contributed by atoms with van der Waals surface area (Å²) < 4.78 is 33.5. The Hall–Kier alpha value is -1.56. The van der Waals surface area contributed by atoms with Crippen molar-refractivity contribution < 1.29 is 22.7 Å². The molecule has 0 atom stereocenters. The number of hydrogen-bond donors (Lipinski definition) is 0. The molecule has 5 nitrogen and oxygen atoms in total. The van der Waals surface area contributed by atoms with Gasteiger partial charge in [-0.05, 0) is 31.0 Å². The number of aryl methyl sites for hydroxylation is 1. The van der Waals surface area contributed by atoms with Crippen LogP contribution in [0.5, 0.6) is 11.5 Å². The molecule has 0 aliphatic carbocycles. The number of ketones is 1. The average Bonchev–Trinajstić information content (AvgIpc) is 2.71. The maximum Gasteiger partial charge on any atom is 0.231 e. The van der Waals surface area contributed by atoms with Crippen molar-refractivity contribution >= 4 is 15.6 Å². The molecule has 1 aromatic rings. The SMILES string of the molecule is CC(=O)CS(=O)(=O)CCc1ccc2c(c1)OCO2. The van der Waals surface area contributed by atoms with Crippen molar-refractivity contribution in [1.82, 2.24) is 0 Å². The largest absolute Gasteiger partial charge is 0.454 e. The number of benzene rings is 1. The molecule has 0 unspecified atom stereocenters. The standard InChI is InChI=1S/C12H14O5S/c1-9(13)7-18(14,15)5-4-10-2-3-11-12(6-10)17-8-16-11/h2-3,6H,4-5,7-8H2,1H3. The van der Waals surface area contributed by atoms with Gasteiger partial charge in [0.25, 0.3) is 0 Å². The summed E-state index contributed by atoms with van der Waals surface area (Å²) >= 11 is 0. The summed E-state index contributed by atoms with van der Waals surface area (Å²) in [6, 6.07) is 5.33. The summed E-state index contributed by atoms with van der Waals surface area (Å²) in [6.45, 7) is 1.47. The van der Waals surface area contributed by atoms with Crippen LogP contribution in [0.15, 0.2) is 18.2 Å². The van der Waals surface area contributed by atoms with E-state index in [0.717, 1.165) is 5.56 Å². The lowest BCUT2D eigenvalue weighted by atomic mass is 10.1. The first-order chi connectivity index (χ1) is 8.46. The predicted molar refractivity (Wildman–Crippen MR) is 65.6 cm³/mol. The minimum absolute atomic E-state index is 0.0355. The highest BCUT2D eigenvalue weighted by Crippen LogP contribution is 2.32. The molecule has 6 heteroatoms. The van der Waals surface area contributed by atoms with Crippen LogP contribution in [0.3, 0.4) is 0 Å². The normalized spacial score (nSPS) is 13.6. The van der Waals surface area contributed by atoms with E-state index < -0.39 is 15.6 Å². The molecule has 0 bridgehead atoms. The van der Waals surface area contributed by atoms with Crippen molar-refractivity contribution in [3.05, 3.63) is 23.8 Å². The second kappa shape index (κ2) is 4.97. The fraction of sp³-hybridized carbons (Fsp3) is 0.417. The topological polar surface area (TPSA) is 69.7 Å². The maximum atomic E-state index is 11.6. The van der Waals surface area contributed by atoms with Crippen molar-refractivity contribution in [2.75, 3.05) is 18.3 Å². The van der Waals surface area contributed by atoms with Crippen LogP contribution in [0.4, 0.5) is 0 Å². The smallest absolute Gasteiger partial charge is 0.231 e. The van der Waals surface area contributed by atoms with Gasteiger partial charge in [-0.1, -0.05) is 6.07 Å². The minimum Gasteiger partial charge on any atom is -0.454 e. The maximum absolute atomic E-state index is 11.6. The molecule has 0 saturated heterocycles. The first-order valence-corrected chi connectivity index (χ1v) is 7.37. The van der Waals surface area contributed by atoms with E-state index in [0.29, 0.717) is 17.9 Å². The molecule has 0 aromatic heterocycles. The summed E-state index contributed by atoms with van der Waals surface area (Å²) in [5.74, 6) is 0.548. The monoisotopic (exact) mass is 270 g/mol. The number of carbonyl (C=O) groups is 1. The van der Waals surface area contributed by atoms with Gasteiger partial charge in [0.2, 0.25) is 6.79 Å². The quantitative estimate of drug-likeness (QED) is 0.797. The first kappa shape index (κ1) is 12.9. The van der Waals surface area contributed by atoms with Crippen LogP contribution in [0.25, 0.3) is 0 Å². The third kappa shape index (κ3) is 3.22. The molecule has 18 heavy (non-hydrogen) atoms. The summed E-state index contributed by atoms with van der Waals surface area (Å²) in [7, 11) is -3.31. The fourth-order valence-corrected chi connectivity index (χ4v) is 3.06.